The van der Waals surface area contributed by atoms with Crippen LogP contribution in [0.25, 0.3) is 0 Å². The number of carbonyl (C=O) groups is 1. The number of hydrogen-bond donors (Lipinski definition) is 0. The lowest BCUT2D eigenvalue weighted by atomic mass is 9.96. The van der Waals surface area contributed by atoms with Crippen molar-refractivity contribution in [3.63, 3.8) is 0 Å². The summed E-state index contributed by atoms with van der Waals surface area (Å²) in [6.45, 7) is 2.20. The Kier molecular flexibility index (Phi) is 6.82. The van der Waals surface area contributed by atoms with Gasteiger partial charge in [0.15, 0.2) is 0 Å². The van der Waals surface area contributed by atoms with Gasteiger partial charge >= 0.3 is 0 Å². The van der Waals surface area contributed by atoms with Crippen LogP contribution in [0.2, 0.25) is 0 Å². The molecule has 25 heavy (non-hydrogen) atoms. The Morgan fingerprint density at radius 2 is 1.52 bits per heavy atom. The molecule has 0 atom stereocenters. The van der Waals surface area contributed by atoms with Gasteiger partial charge in [0, 0.05) is 52.3 Å². The van der Waals surface area contributed by atoms with Crippen LogP contribution in [0.4, 0.5) is 0 Å². The van der Waals surface area contributed by atoms with Gasteiger partial charge < -0.3 is 9.64 Å². The second-order valence-electron chi connectivity index (χ2n) is 6.47. The van der Waals surface area contributed by atoms with Crippen LogP contribution in [0.5, 0.6) is 0 Å². The molecule has 2 rings (SSSR count). The van der Waals surface area contributed by atoms with Crippen LogP contribution in [0.3, 0.4) is 0 Å². The lowest BCUT2D eigenvalue weighted by Gasteiger charge is -2.37. The van der Waals surface area contributed by atoms with E-state index in [1.807, 2.05) is 0 Å². The number of methoxy groups -OCH3 is 1. The average Bonchev–Trinajstić information content (AvgIpc) is 2.59. The highest BCUT2D eigenvalue weighted by atomic mass is 32.2. The van der Waals surface area contributed by atoms with Gasteiger partial charge in [0.2, 0.25) is 26.0 Å². The predicted molar refractivity (Wildman–Crippen MR) is 93.0 cm³/mol. The first-order chi connectivity index (χ1) is 11.6. The van der Waals surface area contributed by atoms with E-state index in [4.69, 9.17) is 4.74 Å². The molecule has 1 amide bonds. The van der Waals surface area contributed by atoms with E-state index in [0.717, 1.165) is 0 Å². The number of carbonyl (C=O) groups excluding carboxylic acids is 1. The van der Waals surface area contributed by atoms with Crippen molar-refractivity contribution in [1.82, 2.24) is 13.5 Å². The molecule has 0 N–H and O–H groups in total. The van der Waals surface area contributed by atoms with Crippen LogP contribution in [-0.4, -0.2) is 101 Å². The van der Waals surface area contributed by atoms with E-state index in [0.29, 0.717) is 52.1 Å². The quantitative estimate of drug-likeness (QED) is 0.556. The molecule has 2 saturated heterocycles. The van der Waals surface area contributed by atoms with Crippen molar-refractivity contribution in [3.05, 3.63) is 0 Å². The standard InChI is InChI=1S/C14H27N3O6S2/c1-23-11-12-25(21,22)17-9-7-15(8-10-17)14(18)13-3-5-16(6-4-13)24(2,19)20/h13H,3-12H2,1-2H3. The maximum atomic E-state index is 12.6. The van der Waals surface area contributed by atoms with Crippen LogP contribution < -0.4 is 0 Å². The molecule has 11 heteroatoms. The molecule has 0 radical (unpaired) electrons. The van der Waals surface area contributed by atoms with E-state index in [9.17, 15) is 21.6 Å². The molecule has 0 aromatic carbocycles. The van der Waals surface area contributed by atoms with Crippen molar-refractivity contribution in [2.24, 2.45) is 5.92 Å². The van der Waals surface area contributed by atoms with Crippen LogP contribution in [0.1, 0.15) is 12.8 Å². The highest BCUT2D eigenvalue weighted by Crippen LogP contribution is 2.22. The largest absolute Gasteiger partial charge is 0.384 e. The average molecular weight is 398 g/mol. The number of ether oxygens (including phenoxy) is 1. The maximum Gasteiger partial charge on any atom is 0.225 e. The number of amides is 1. The first kappa shape index (κ1) is 20.6. The van der Waals surface area contributed by atoms with Crippen molar-refractivity contribution in [2.45, 2.75) is 12.8 Å². The van der Waals surface area contributed by atoms with Crippen molar-refractivity contribution in [3.8, 4) is 0 Å². The smallest absolute Gasteiger partial charge is 0.225 e. The molecule has 0 saturated carbocycles. The zero-order valence-corrected chi connectivity index (χ0v) is 16.4. The van der Waals surface area contributed by atoms with Crippen molar-refractivity contribution in [1.29, 1.82) is 0 Å². The second-order valence-corrected chi connectivity index (χ2v) is 10.5. The zero-order valence-electron chi connectivity index (χ0n) is 14.8. The lowest BCUT2D eigenvalue weighted by molar-refractivity contribution is -0.137. The van der Waals surface area contributed by atoms with Crippen molar-refractivity contribution in [2.75, 3.05) is 65.0 Å². The zero-order chi connectivity index (χ0) is 18.7. The summed E-state index contributed by atoms with van der Waals surface area (Å²) in [4.78, 5) is 14.3. The fraction of sp³-hybridized carbons (Fsp3) is 0.929. The van der Waals surface area contributed by atoms with Gasteiger partial charge in [-0.1, -0.05) is 0 Å². The molecule has 0 spiro atoms. The van der Waals surface area contributed by atoms with Gasteiger partial charge in [-0.05, 0) is 12.8 Å². The van der Waals surface area contributed by atoms with Crippen LogP contribution >= 0.6 is 0 Å². The van der Waals surface area contributed by atoms with Crippen molar-refractivity contribution < 1.29 is 26.4 Å². The minimum atomic E-state index is -3.35. The van der Waals surface area contributed by atoms with E-state index in [2.05, 4.69) is 0 Å². The molecule has 0 aromatic heterocycles. The van der Waals surface area contributed by atoms with Crippen LogP contribution in [0.15, 0.2) is 0 Å². The topological polar surface area (TPSA) is 104 Å². The van der Waals surface area contributed by atoms with Gasteiger partial charge in [-0.25, -0.2) is 21.1 Å². The summed E-state index contributed by atoms with van der Waals surface area (Å²) < 4.78 is 55.0. The summed E-state index contributed by atoms with van der Waals surface area (Å²) in [5.41, 5.74) is 0. The van der Waals surface area contributed by atoms with E-state index >= 15 is 0 Å². The fourth-order valence-corrected chi connectivity index (χ4v) is 5.43. The summed E-state index contributed by atoms with van der Waals surface area (Å²) in [7, 11) is -5.09. The van der Waals surface area contributed by atoms with E-state index in [1.165, 1.54) is 22.0 Å². The molecule has 2 fully saturated rings. The summed E-state index contributed by atoms with van der Waals surface area (Å²) in [6.07, 6.45) is 2.20. The van der Waals surface area contributed by atoms with Crippen LogP contribution in [-0.2, 0) is 29.6 Å². The Hall–Kier alpha value is -0.750. The molecular weight excluding hydrogens is 370 g/mol. The SMILES string of the molecule is COCCS(=O)(=O)N1CCN(C(=O)C2CCN(S(C)(=O)=O)CC2)CC1. The summed E-state index contributed by atoms with van der Waals surface area (Å²) in [5.74, 6) is -0.238. The second kappa shape index (κ2) is 8.30. The Morgan fingerprint density at radius 1 is 0.960 bits per heavy atom. The van der Waals surface area contributed by atoms with Gasteiger partial charge in [-0.3, -0.25) is 4.79 Å². The first-order valence-corrected chi connectivity index (χ1v) is 11.8. The Labute approximate surface area is 150 Å². The Balaban J connectivity index is 1.84. The third-order valence-electron chi connectivity index (χ3n) is 4.76. The number of piperazine rings is 1. The number of sulfonamides is 2. The molecule has 9 nitrogen and oxygen atoms in total. The van der Waals surface area contributed by atoms with Gasteiger partial charge in [-0.15, -0.1) is 0 Å². The van der Waals surface area contributed by atoms with E-state index < -0.39 is 20.0 Å². The molecule has 0 aromatic rings. The highest BCUT2D eigenvalue weighted by Gasteiger charge is 2.34. The van der Waals surface area contributed by atoms with E-state index in [-0.39, 0.29) is 24.2 Å². The Morgan fingerprint density at radius 3 is 2.00 bits per heavy atom. The normalized spacial score (nSPS) is 22.2. The minimum Gasteiger partial charge on any atom is -0.384 e. The highest BCUT2D eigenvalue weighted by molar-refractivity contribution is 7.89. The fourth-order valence-electron chi connectivity index (χ4n) is 3.20. The third-order valence-corrected chi connectivity index (χ3v) is 7.90. The Bertz CT molecular complexity index is 663. The maximum absolute atomic E-state index is 12.6. The molecule has 146 valence electrons. The van der Waals surface area contributed by atoms with Gasteiger partial charge in [-0.2, -0.15) is 4.31 Å². The third kappa shape index (κ3) is 5.36. The lowest BCUT2D eigenvalue weighted by Crippen LogP contribution is -2.53. The van der Waals surface area contributed by atoms with Gasteiger partial charge in [0.25, 0.3) is 0 Å². The molecule has 0 aliphatic carbocycles. The molecule has 0 bridgehead atoms. The van der Waals surface area contributed by atoms with Gasteiger partial charge in [0.1, 0.15) is 0 Å². The molecule has 0 unspecified atom stereocenters. The van der Waals surface area contributed by atoms with Crippen molar-refractivity contribution >= 4 is 26.0 Å². The van der Waals surface area contributed by atoms with Crippen LogP contribution in [0, 0.1) is 5.92 Å². The molecular formula is C14H27N3O6S2. The summed E-state index contributed by atoms with van der Waals surface area (Å²) in [6, 6.07) is 0. The molecule has 2 heterocycles. The van der Waals surface area contributed by atoms with Gasteiger partial charge in [0.05, 0.1) is 18.6 Å². The number of piperidine rings is 1. The molecule has 2 aliphatic heterocycles. The summed E-state index contributed by atoms with van der Waals surface area (Å²) in [5, 5.41) is 0. The predicted octanol–water partition coefficient (Wildman–Crippen LogP) is -1.22. The van der Waals surface area contributed by atoms with E-state index in [1.54, 1.807) is 4.90 Å². The number of hydrogen-bond acceptors (Lipinski definition) is 6. The first-order valence-electron chi connectivity index (χ1n) is 8.36. The monoisotopic (exact) mass is 397 g/mol. The number of nitrogens with zero attached hydrogens (tertiary/aromatic N) is 3. The summed E-state index contributed by atoms with van der Waals surface area (Å²) >= 11 is 0. The minimum absolute atomic E-state index is 0.00194. The number of rotatable bonds is 6. The molecule has 2 aliphatic rings.